The highest BCUT2D eigenvalue weighted by molar-refractivity contribution is 6.11. The maximum Gasteiger partial charge on any atom is 0.201 e. The van der Waals surface area contributed by atoms with Gasteiger partial charge >= 0.3 is 0 Å². The lowest BCUT2D eigenvalue weighted by atomic mass is 9.74. The molecule has 0 aromatic heterocycles. The molecule has 0 aromatic carbocycles. The first-order valence-corrected chi connectivity index (χ1v) is 6.30. The van der Waals surface area contributed by atoms with Crippen molar-refractivity contribution in [2.75, 3.05) is 13.2 Å². The molecule has 0 bridgehead atoms. The number of carbonyl (C=O) groups is 2. The molecule has 0 amide bonds. The van der Waals surface area contributed by atoms with E-state index in [2.05, 4.69) is 0 Å². The molecule has 0 N–H and O–H groups in total. The lowest BCUT2D eigenvalue weighted by Gasteiger charge is -2.39. The molecule has 0 saturated heterocycles. The quantitative estimate of drug-likeness (QED) is 0.689. The molecule has 1 fully saturated rings. The molecule has 4 nitrogen and oxygen atoms in total. The number of Topliss-reactive ketones (excluding diaryl/α,β-unsaturated/α-hetero) is 2. The van der Waals surface area contributed by atoms with Crippen molar-refractivity contribution < 1.29 is 19.1 Å². The first-order valence-electron chi connectivity index (χ1n) is 6.30. The van der Waals surface area contributed by atoms with Crippen LogP contribution in [-0.2, 0) is 19.1 Å². The summed E-state index contributed by atoms with van der Waals surface area (Å²) in [7, 11) is 0. The van der Waals surface area contributed by atoms with Gasteiger partial charge in [0.1, 0.15) is 6.10 Å². The largest absolute Gasteiger partial charge is 0.370 e. The second-order valence-corrected chi connectivity index (χ2v) is 4.57. The zero-order valence-corrected chi connectivity index (χ0v) is 11.1. The normalized spacial score (nSPS) is 33.8. The molecule has 0 aliphatic heterocycles. The van der Waals surface area contributed by atoms with Crippen molar-refractivity contribution in [2.24, 2.45) is 5.92 Å². The number of ketones is 2. The number of hydrogen-bond donors (Lipinski definition) is 0. The van der Waals surface area contributed by atoms with Crippen LogP contribution < -0.4 is 0 Å². The zero-order valence-electron chi connectivity index (χ0n) is 11.1. The molecule has 0 spiro atoms. The van der Waals surface area contributed by atoms with Crippen molar-refractivity contribution in [1.82, 2.24) is 0 Å². The molecule has 0 aromatic rings. The van der Waals surface area contributed by atoms with Crippen molar-refractivity contribution in [3.8, 4) is 0 Å². The summed E-state index contributed by atoms with van der Waals surface area (Å²) >= 11 is 0. The molecule has 1 rings (SSSR count). The summed E-state index contributed by atoms with van der Waals surface area (Å²) in [4.78, 5) is 24.2. The SMILES string of the molecule is CCOC1C(=O)[C@@](OCC)(C(C)=O)CCC1C. The van der Waals surface area contributed by atoms with Gasteiger partial charge in [-0.15, -0.1) is 0 Å². The summed E-state index contributed by atoms with van der Waals surface area (Å²) in [5, 5.41) is 0. The molecule has 1 aliphatic carbocycles. The number of ether oxygens (including phenoxy) is 2. The van der Waals surface area contributed by atoms with E-state index in [0.717, 1.165) is 6.42 Å². The minimum absolute atomic E-state index is 0.149. The topological polar surface area (TPSA) is 52.6 Å². The average Bonchev–Trinajstić information content (AvgIpc) is 2.28. The van der Waals surface area contributed by atoms with E-state index in [0.29, 0.717) is 19.6 Å². The van der Waals surface area contributed by atoms with E-state index in [1.54, 1.807) is 6.92 Å². The summed E-state index contributed by atoms with van der Waals surface area (Å²) in [5.41, 5.74) is -1.26. The van der Waals surface area contributed by atoms with Gasteiger partial charge in [0, 0.05) is 13.2 Å². The van der Waals surface area contributed by atoms with Crippen molar-refractivity contribution in [1.29, 1.82) is 0 Å². The van der Waals surface area contributed by atoms with Crippen LogP contribution in [0.4, 0.5) is 0 Å². The predicted octanol–water partition coefficient (Wildman–Crippen LogP) is 1.75. The van der Waals surface area contributed by atoms with E-state index in [4.69, 9.17) is 9.47 Å². The van der Waals surface area contributed by atoms with Crippen LogP contribution in [0, 0.1) is 5.92 Å². The Bertz CT molecular complexity index is 300. The Morgan fingerprint density at radius 1 is 1.41 bits per heavy atom. The van der Waals surface area contributed by atoms with Crippen LogP contribution in [0.1, 0.15) is 40.5 Å². The number of carbonyl (C=O) groups excluding carboxylic acids is 2. The lowest BCUT2D eigenvalue weighted by molar-refractivity contribution is -0.174. The van der Waals surface area contributed by atoms with Crippen molar-refractivity contribution >= 4 is 11.6 Å². The second kappa shape index (κ2) is 5.74. The molecular weight excluding hydrogens is 220 g/mol. The third-order valence-corrected chi connectivity index (χ3v) is 3.43. The van der Waals surface area contributed by atoms with E-state index in [1.165, 1.54) is 6.92 Å². The van der Waals surface area contributed by atoms with Crippen LogP contribution in [0.2, 0.25) is 0 Å². The molecular formula is C13H22O4. The highest BCUT2D eigenvalue weighted by atomic mass is 16.5. The molecule has 3 atom stereocenters. The zero-order chi connectivity index (χ0) is 13.1. The van der Waals surface area contributed by atoms with Gasteiger partial charge in [-0.2, -0.15) is 0 Å². The van der Waals surface area contributed by atoms with Gasteiger partial charge < -0.3 is 9.47 Å². The van der Waals surface area contributed by atoms with E-state index < -0.39 is 11.7 Å². The monoisotopic (exact) mass is 242 g/mol. The van der Waals surface area contributed by atoms with Crippen molar-refractivity contribution in [3.63, 3.8) is 0 Å². The third-order valence-electron chi connectivity index (χ3n) is 3.43. The average molecular weight is 242 g/mol. The van der Waals surface area contributed by atoms with Crippen LogP contribution in [-0.4, -0.2) is 36.5 Å². The third kappa shape index (κ3) is 2.58. The summed E-state index contributed by atoms with van der Waals surface area (Å²) in [5.74, 6) is -0.260. The van der Waals surface area contributed by atoms with Crippen LogP contribution >= 0.6 is 0 Å². The Balaban J connectivity index is 2.99. The molecule has 98 valence electrons. The molecule has 4 heteroatoms. The Labute approximate surface area is 103 Å². The van der Waals surface area contributed by atoms with Crippen molar-refractivity contribution in [2.45, 2.75) is 52.2 Å². The minimum atomic E-state index is -1.26. The van der Waals surface area contributed by atoms with Crippen LogP contribution in [0.15, 0.2) is 0 Å². The minimum Gasteiger partial charge on any atom is -0.370 e. The maximum atomic E-state index is 12.4. The first kappa shape index (κ1) is 14.3. The van der Waals surface area contributed by atoms with Crippen LogP contribution in [0.5, 0.6) is 0 Å². The standard InChI is InChI=1S/C13H22O4/c1-5-16-11-9(3)7-8-13(10(4)14,12(11)15)17-6-2/h9,11H,5-8H2,1-4H3/t9?,11?,13-/m0/s1. The van der Waals surface area contributed by atoms with Gasteiger partial charge in [0.15, 0.2) is 11.4 Å². The van der Waals surface area contributed by atoms with Crippen LogP contribution in [0.25, 0.3) is 0 Å². The van der Waals surface area contributed by atoms with E-state index >= 15 is 0 Å². The molecule has 17 heavy (non-hydrogen) atoms. The summed E-state index contributed by atoms with van der Waals surface area (Å²) in [6.45, 7) is 7.89. The highest BCUT2D eigenvalue weighted by Crippen LogP contribution is 2.34. The van der Waals surface area contributed by atoms with Gasteiger partial charge in [-0.3, -0.25) is 9.59 Å². The fraction of sp³-hybridized carbons (Fsp3) is 0.846. The molecule has 1 saturated carbocycles. The van der Waals surface area contributed by atoms with Gasteiger partial charge in [0.25, 0.3) is 0 Å². The van der Waals surface area contributed by atoms with Crippen LogP contribution in [0.3, 0.4) is 0 Å². The van der Waals surface area contributed by atoms with Gasteiger partial charge in [-0.05, 0) is 39.5 Å². The van der Waals surface area contributed by atoms with E-state index in [-0.39, 0.29) is 17.5 Å². The Morgan fingerprint density at radius 3 is 2.53 bits per heavy atom. The number of hydrogen-bond acceptors (Lipinski definition) is 4. The molecule has 2 unspecified atom stereocenters. The highest BCUT2D eigenvalue weighted by Gasteiger charge is 2.52. The predicted molar refractivity (Wildman–Crippen MR) is 63.9 cm³/mol. The Kier molecular flexibility index (Phi) is 4.83. The number of rotatable bonds is 5. The Morgan fingerprint density at radius 2 is 2.06 bits per heavy atom. The lowest BCUT2D eigenvalue weighted by Crippen LogP contribution is -2.58. The molecule has 0 radical (unpaired) electrons. The molecule has 1 aliphatic rings. The van der Waals surface area contributed by atoms with E-state index in [9.17, 15) is 9.59 Å². The van der Waals surface area contributed by atoms with Gasteiger partial charge in [0.05, 0.1) is 0 Å². The summed E-state index contributed by atoms with van der Waals surface area (Å²) in [6.07, 6.45) is 0.736. The second-order valence-electron chi connectivity index (χ2n) is 4.57. The van der Waals surface area contributed by atoms with Gasteiger partial charge in [-0.1, -0.05) is 6.92 Å². The van der Waals surface area contributed by atoms with E-state index in [1.807, 2.05) is 13.8 Å². The van der Waals surface area contributed by atoms with Crippen molar-refractivity contribution in [3.05, 3.63) is 0 Å². The fourth-order valence-corrected chi connectivity index (χ4v) is 2.45. The summed E-state index contributed by atoms with van der Waals surface area (Å²) < 4.78 is 11.0. The van der Waals surface area contributed by atoms with Gasteiger partial charge in [0.2, 0.25) is 5.78 Å². The Hall–Kier alpha value is -0.740. The summed E-state index contributed by atoms with van der Waals surface area (Å²) in [6, 6.07) is 0. The molecule has 0 heterocycles. The fourth-order valence-electron chi connectivity index (χ4n) is 2.45. The smallest absolute Gasteiger partial charge is 0.201 e. The maximum absolute atomic E-state index is 12.4. The first-order chi connectivity index (χ1) is 7.99. The van der Waals surface area contributed by atoms with Gasteiger partial charge in [-0.25, -0.2) is 0 Å².